The third-order valence-electron chi connectivity index (χ3n) is 5.33. The number of guanidine groups is 1. The minimum Gasteiger partial charge on any atom is -0.469 e. The van der Waals surface area contributed by atoms with E-state index in [0.29, 0.717) is 6.42 Å². The van der Waals surface area contributed by atoms with E-state index in [4.69, 9.17) is 4.99 Å². The van der Waals surface area contributed by atoms with Gasteiger partial charge in [0.1, 0.15) is 0 Å². The largest absolute Gasteiger partial charge is 0.469 e. The molecule has 1 aliphatic rings. The van der Waals surface area contributed by atoms with Gasteiger partial charge in [0.2, 0.25) is 0 Å². The van der Waals surface area contributed by atoms with Gasteiger partial charge in [0.25, 0.3) is 0 Å². The van der Waals surface area contributed by atoms with Crippen LogP contribution in [0, 0.1) is 0 Å². The molecule has 1 aromatic carbocycles. The number of carbonyl (C=O) groups excluding carboxylic acids is 1. The number of esters is 1. The van der Waals surface area contributed by atoms with Gasteiger partial charge in [-0.1, -0.05) is 25.0 Å². The average molecular weight is 403 g/mol. The summed E-state index contributed by atoms with van der Waals surface area (Å²) in [5.74, 6) is 0.741. The van der Waals surface area contributed by atoms with Gasteiger partial charge in [0.05, 0.1) is 13.2 Å². The van der Waals surface area contributed by atoms with Crippen LogP contribution in [-0.4, -0.2) is 45.2 Å². The standard InChI is InChI=1S/C23H38N4O2/c1-4-24-23(25-15-8-6-5-7-14-22(28)29-3)26-19(2)20-12-11-13-21(18-20)27-16-9-10-17-27/h11-13,18-19H,4-10,14-17H2,1-3H3,(H2,24,25,26). The molecule has 0 spiro atoms. The van der Waals surface area contributed by atoms with E-state index in [1.165, 1.54) is 31.2 Å². The lowest BCUT2D eigenvalue weighted by Crippen LogP contribution is -2.38. The molecule has 6 nitrogen and oxygen atoms in total. The van der Waals surface area contributed by atoms with Crippen molar-refractivity contribution in [2.24, 2.45) is 4.99 Å². The van der Waals surface area contributed by atoms with Crippen LogP contribution in [0.2, 0.25) is 0 Å². The van der Waals surface area contributed by atoms with Gasteiger partial charge >= 0.3 is 5.97 Å². The van der Waals surface area contributed by atoms with Crippen LogP contribution in [0.15, 0.2) is 29.3 Å². The number of hydrogen-bond donors (Lipinski definition) is 2. The topological polar surface area (TPSA) is 66.0 Å². The van der Waals surface area contributed by atoms with E-state index in [9.17, 15) is 4.79 Å². The first-order chi connectivity index (χ1) is 14.1. The first kappa shape index (κ1) is 23.0. The van der Waals surface area contributed by atoms with Crippen molar-refractivity contribution in [3.8, 4) is 0 Å². The second-order valence-corrected chi connectivity index (χ2v) is 7.66. The lowest BCUT2D eigenvalue weighted by atomic mass is 10.1. The number of benzene rings is 1. The number of nitrogens with one attached hydrogen (secondary N) is 2. The molecule has 0 aromatic heterocycles. The first-order valence-electron chi connectivity index (χ1n) is 11.1. The molecule has 1 atom stereocenters. The number of hydrogen-bond acceptors (Lipinski definition) is 4. The maximum atomic E-state index is 11.1. The lowest BCUT2D eigenvalue weighted by molar-refractivity contribution is -0.140. The number of aliphatic imine (C=N–C) groups is 1. The molecule has 0 aliphatic carbocycles. The Labute approximate surface area is 176 Å². The second kappa shape index (κ2) is 13.1. The summed E-state index contributed by atoms with van der Waals surface area (Å²) in [6.45, 7) is 8.22. The third kappa shape index (κ3) is 8.34. The minimum atomic E-state index is -0.121. The average Bonchev–Trinajstić information content (AvgIpc) is 3.28. The van der Waals surface area contributed by atoms with Crippen LogP contribution in [0.25, 0.3) is 0 Å². The quantitative estimate of drug-likeness (QED) is 0.253. The Morgan fingerprint density at radius 1 is 1.21 bits per heavy atom. The molecular formula is C23H38N4O2. The van der Waals surface area contributed by atoms with Gasteiger partial charge in [-0.2, -0.15) is 0 Å². The normalized spacial score (nSPS) is 15.3. The number of unbranched alkanes of at least 4 members (excludes halogenated alkanes) is 3. The van der Waals surface area contributed by atoms with Gasteiger partial charge in [-0.25, -0.2) is 0 Å². The van der Waals surface area contributed by atoms with E-state index in [1.807, 2.05) is 0 Å². The number of rotatable bonds is 11. The molecule has 29 heavy (non-hydrogen) atoms. The predicted octanol–water partition coefficient (Wildman–Crippen LogP) is 4.03. The lowest BCUT2D eigenvalue weighted by Gasteiger charge is -2.22. The number of ether oxygens (including phenoxy) is 1. The summed E-state index contributed by atoms with van der Waals surface area (Å²) in [6, 6.07) is 9.03. The van der Waals surface area contributed by atoms with E-state index in [1.54, 1.807) is 0 Å². The minimum absolute atomic E-state index is 0.121. The summed E-state index contributed by atoms with van der Waals surface area (Å²) in [5, 5.41) is 6.88. The maximum Gasteiger partial charge on any atom is 0.305 e. The van der Waals surface area contributed by atoms with Crippen molar-refractivity contribution in [1.82, 2.24) is 10.6 Å². The Morgan fingerprint density at radius 3 is 2.69 bits per heavy atom. The second-order valence-electron chi connectivity index (χ2n) is 7.66. The number of nitrogens with zero attached hydrogens (tertiary/aromatic N) is 2. The number of anilines is 1. The van der Waals surface area contributed by atoms with Crippen LogP contribution in [0.4, 0.5) is 5.69 Å². The summed E-state index contributed by atoms with van der Waals surface area (Å²) < 4.78 is 4.67. The van der Waals surface area contributed by atoms with E-state index in [2.05, 4.69) is 58.4 Å². The molecule has 162 valence electrons. The highest BCUT2D eigenvalue weighted by molar-refractivity contribution is 5.80. The summed E-state index contributed by atoms with van der Waals surface area (Å²) in [6.07, 6.45) is 7.12. The van der Waals surface area contributed by atoms with Gasteiger partial charge < -0.3 is 20.3 Å². The smallest absolute Gasteiger partial charge is 0.305 e. The summed E-state index contributed by atoms with van der Waals surface area (Å²) in [7, 11) is 1.44. The molecule has 1 aromatic rings. The zero-order valence-corrected chi connectivity index (χ0v) is 18.4. The van der Waals surface area contributed by atoms with Crippen LogP contribution in [0.1, 0.15) is 70.4 Å². The van der Waals surface area contributed by atoms with Crippen LogP contribution >= 0.6 is 0 Å². The Bertz CT molecular complexity index is 642. The van der Waals surface area contributed by atoms with Crippen molar-refractivity contribution < 1.29 is 9.53 Å². The Balaban J connectivity index is 1.80. The molecular weight excluding hydrogens is 364 g/mol. The fourth-order valence-corrected chi connectivity index (χ4v) is 3.60. The van der Waals surface area contributed by atoms with E-state index >= 15 is 0 Å². The van der Waals surface area contributed by atoms with Gasteiger partial charge in [-0.05, 0) is 57.2 Å². The van der Waals surface area contributed by atoms with Crippen LogP contribution in [0.5, 0.6) is 0 Å². The zero-order chi connectivity index (χ0) is 20.9. The van der Waals surface area contributed by atoms with Crippen molar-refractivity contribution in [2.75, 3.05) is 38.2 Å². The third-order valence-corrected chi connectivity index (χ3v) is 5.33. The van der Waals surface area contributed by atoms with Gasteiger partial charge in [0.15, 0.2) is 5.96 Å². The van der Waals surface area contributed by atoms with Crippen molar-refractivity contribution in [2.45, 2.75) is 64.8 Å². The molecule has 1 unspecified atom stereocenters. The van der Waals surface area contributed by atoms with Crippen molar-refractivity contribution >= 4 is 17.6 Å². The van der Waals surface area contributed by atoms with E-state index in [-0.39, 0.29) is 12.0 Å². The molecule has 2 N–H and O–H groups in total. The fraction of sp³-hybridized carbons (Fsp3) is 0.652. The highest BCUT2D eigenvalue weighted by atomic mass is 16.5. The molecule has 1 fully saturated rings. The van der Waals surface area contributed by atoms with Crippen molar-refractivity contribution in [3.05, 3.63) is 29.8 Å². The van der Waals surface area contributed by atoms with Crippen LogP contribution in [-0.2, 0) is 9.53 Å². The van der Waals surface area contributed by atoms with E-state index in [0.717, 1.165) is 57.8 Å². The highest BCUT2D eigenvalue weighted by Gasteiger charge is 2.14. The summed E-state index contributed by atoms with van der Waals surface area (Å²) in [5.41, 5.74) is 2.60. The molecule has 1 heterocycles. The highest BCUT2D eigenvalue weighted by Crippen LogP contribution is 2.23. The monoisotopic (exact) mass is 402 g/mol. The van der Waals surface area contributed by atoms with Crippen LogP contribution < -0.4 is 15.5 Å². The number of methoxy groups -OCH3 is 1. The van der Waals surface area contributed by atoms with Crippen LogP contribution in [0.3, 0.4) is 0 Å². The zero-order valence-electron chi connectivity index (χ0n) is 18.4. The molecule has 1 saturated heterocycles. The Kier molecular flexibility index (Phi) is 10.4. The molecule has 0 saturated carbocycles. The van der Waals surface area contributed by atoms with Gasteiger partial charge in [-0.15, -0.1) is 0 Å². The Hall–Kier alpha value is -2.24. The summed E-state index contributed by atoms with van der Waals surface area (Å²) >= 11 is 0. The van der Waals surface area contributed by atoms with Gasteiger partial charge in [0, 0.05) is 38.3 Å². The SMILES string of the molecule is CCNC(=NCCCCCCC(=O)OC)NC(C)c1cccc(N2CCCC2)c1. The summed E-state index contributed by atoms with van der Waals surface area (Å²) in [4.78, 5) is 18.3. The predicted molar refractivity (Wildman–Crippen MR) is 121 cm³/mol. The number of carbonyl (C=O) groups is 1. The molecule has 2 rings (SSSR count). The maximum absolute atomic E-state index is 11.1. The fourth-order valence-electron chi connectivity index (χ4n) is 3.60. The molecule has 6 heteroatoms. The molecule has 1 aliphatic heterocycles. The first-order valence-corrected chi connectivity index (χ1v) is 11.1. The molecule has 0 bridgehead atoms. The van der Waals surface area contributed by atoms with Crippen molar-refractivity contribution in [1.29, 1.82) is 0 Å². The van der Waals surface area contributed by atoms with E-state index < -0.39 is 0 Å². The Morgan fingerprint density at radius 2 is 1.97 bits per heavy atom. The molecule has 0 amide bonds. The van der Waals surface area contributed by atoms with Gasteiger partial charge in [-0.3, -0.25) is 9.79 Å². The molecule has 0 radical (unpaired) electrons. The van der Waals surface area contributed by atoms with Crippen molar-refractivity contribution in [3.63, 3.8) is 0 Å².